The van der Waals surface area contributed by atoms with Gasteiger partial charge in [-0.2, -0.15) is 0 Å². The first-order valence-electron chi connectivity index (χ1n) is 15.6. The summed E-state index contributed by atoms with van der Waals surface area (Å²) in [5.74, 6) is 1.83. The number of benzene rings is 6. The molecule has 0 fully saturated rings. The number of hydrogen-bond donors (Lipinski definition) is 0. The molecule has 0 radical (unpaired) electrons. The maximum atomic E-state index is 6.70. The van der Waals surface area contributed by atoms with Gasteiger partial charge in [-0.25, -0.2) is 15.0 Å². The molecule has 0 amide bonds. The lowest BCUT2D eigenvalue weighted by Crippen LogP contribution is -2.01. The molecule has 0 aliphatic carbocycles. The summed E-state index contributed by atoms with van der Waals surface area (Å²) in [7, 11) is 0. The van der Waals surface area contributed by atoms with E-state index in [1.165, 1.54) is 0 Å². The third kappa shape index (κ3) is 4.73. The van der Waals surface area contributed by atoms with Crippen LogP contribution >= 0.6 is 0 Å². The van der Waals surface area contributed by atoms with Crippen LogP contribution in [0.2, 0.25) is 0 Å². The molecule has 0 spiro atoms. The lowest BCUT2D eigenvalue weighted by atomic mass is 9.94. The number of pyridine rings is 1. The average molecular weight is 603 g/mol. The summed E-state index contributed by atoms with van der Waals surface area (Å²) in [6.45, 7) is 0. The van der Waals surface area contributed by atoms with Crippen molar-refractivity contribution < 1.29 is 4.42 Å². The molecule has 5 heteroatoms. The van der Waals surface area contributed by atoms with Gasteiger partial charge in [0.15, 0.2) is 23.1 Å². The molecule has 0 atom stereocenters. The van der Waals surface area contributed by atoms with Crippen LogP contribution in [0.5, 0.6) is 0 Å². The Kier molecular flexibility index (Phi) is 6.39. The second-order valence-corrected chi connectivity index (χ2v) is 11.5. The highest BCUT2D eigenvalue weighted by molar-refractivity contribution is 6.18. The molecule has 0 N–H and O–H groups in total. The Hall–Kier alpha value is -6.46. The fraction of sp³-hybridized carbons (Fsp3) is 0. The van der Waals surface area contributed by atoms with E-state index in [0.717, 1.165) is 71.8 Å². The van der Waals surface area contributed by atoms with Gasteiger partial charge in [0.2, 0.25) is 0 Å². The van der Waals surface area contributed by atoms with E-state index in [4.69, 9.17) is 24.4 Å². The van der Waals surface area contributed by atoms with Crippen molar-refractivity contribution in [2.75, 3.05) is 0 Å². The Morgan fingerprint density at radius 2 is 0.936 bits per heavy atom. The Labute approximate surface area is 270 Å². The van der Waals surface area contributed by atoms with E-state index in [0.29, 0.717) is 17.5 Å². The van der Waals surface area contributed by atoms with Gasteiger partial charge in [0.25, 0.3) is 0 Å². The molecule has 6 aromatic carbocycles. The van der Waals surface area contributed by atoms with E-state index in [1.54, 1.807) is 0 Å². The van der Waals surface area contributed by atoms with E-state index in [1.807, 2.05) is 97.2 Å². The normalized spacial score (nSPS) is 11.4. The molecule has 0 unspecified atom stereocenters. The van der Waals surface area contributed by atoms with Gasteiger partial charge < -0.3 is 4.42 Å². The summed E-state index contributed by atoms with van der Waals surface area (Å²) in [6, 6.07) is 51.3. The largest absolute Gasteiger partial charge is 0.454 e. The fourth-order valence-electron chi connectivity index (χ4n) is 6.32. The molecule has 0 saturated carbocycles. The van der Waals surface area contributed by atoms with Gasteiger partial charge >= 0.3 is 0 Å². The number of hydrogen-bond acceptors (Lipinski definition) is 5. The quantitative estimate of drug-likeness (QED) is 0.196. The van der Waals surface area contributed by atoms with Gasteiger partial charge in [0.1, 0.15) is 11.3 Å². The minimum atomic E-state index is 0.590. The number of nitrogens with zero attached hydrogens (tertiary/aromatic N) is 4. The molecule has 9 rings (SSSR count). The van der Waals surface area contributed by atoms with Crippen LogP contribution in [0.1, 0.15) is 0 Å². The zero-order valence-corrected chi connectivity index (χ0v) is 25.2. The zero-order valence-electron chi connectivity index (χ0n) is 25.2. The molecule has 3 heterocycles. The summed E-state index contributed by atoms with van der Waals surface area (Å²) in [6.07, 6.45) is 1.96. The lowest BCUT2D eigenvalue weighted by molar-refractivity contribution is 0.669. The fourth-order valence-corrected chi connectivity index (χ4v) is 6.32. The molecule has 0 saturated heterocycles. The number of furan rings is 1. The van der Waals surface area contributed by atoms with Crippen LogP contribution in [0.15, 0.2) is 162 Å². The van der Waals surface area contributed by atoms with Crippen molar-refractivity contribution in [1.82, 2.24) is 19.9 Å². The number of rotatable bonds is 5. The van der Waals surface area contributed by atoms with Crippen LogP contribution in [0.4, 0.5) is 0 Å². The second-order valence-electron chi connectivity index (χ2n) is 11.5. The lowest BCUT2D eigenvalue weighted by Gasteiger charge is -2.13. The zero-order chi connectivity index (χ0) is 31.2. The van der Waals surface area contributed by atoms with Crippen molar-refractivity contribution >= 4 is 32.7 Å². The molecule has 47 heavy (non-hydrogen) atoms. The van der Waals surface area contributed by atoms with Gasteiger partial charge in [0.05, 0.1) is 0 Å². The SMILES string of the molecule is c1ccc(-c2nc(-c3ccccc3)nc(-c3ccccc3-c3cnc(-c4ccccc4)c4oc5cc6ccccc6cc5c34)n2)cc1. The molecule has 0 aliphatic heterocycles. The van der Waals surface area contributed by atoms with Crippen molar-refractivity contribution in [3.05, 3.63) is 158 Å². The Morgan fingerprint density at radius 3 is 1.57 bits per heavy atom. The maximum absolute atomic E-state index is 6.70. The average Bonchev–Trinajstić information content (AvgIpc) is 3.53. The monoisotopic (exact) mass is 602 g/mol. The van der Waals surface area contributed by atoms with Gasteiger partial charge in [-0.1, -0.05) is 140 Å². The van der Waals surface area contributed by atoms with Crippen molar-refractivity contribution in [2.45, 2.75) is 0 Å². The first kappa shape index (κ1) is 26.9. The van der Waals surface area contributed by atoms with Crippen molar-refractivity contribution in [3.8, 4) is 56.5 Å². The summed E-state index contributed by atoms with van der Waals surface area (Å²) in [4.78, 5) is 20.1. The topological polar surface area (TPSA) is 64.7 Å². The highest BCUT2D eigenvalue weighted by Crippen LogP contribution is 2.44. The Morgan fingerprint density at radius 1 is 0.426 bits per heavy atom. The molecule has 3 aromatic heterocycles. The van der Waals surface area contributed by atoms with Crippen LogP contribution in [-0.2, 0) is 0 Å². The van der Waals surface area contributed by atoms with Crippen LogP contribution in [-0.4, -0.2) is 19.9 Å². The third-order valence-corrected chi connectivity index (χ3v) is 8.57. The number of fused-ring (bicyclic) bond motifs is 4. The molecule has 220 valence electrons. The van der Waals surface area contributed by atoms with E-state index in [9.17, 15) is 0 Å². The summed E-state index contributed by atoms with van der Waals surface area (Å²) < 4.78 is 6.70. The minimum Gasteiger partial charge on any atom is -0.454 e. The molecular weight excluding hydrogens is 576 g/mol. The summed E-state index contributed by atoms with van der Waals surface area (Å²) in [5.41, 5.74) is 8.02. The highest BCUT2D eigenvalue weighted by Gasteiger charge is 2.22. The van der Waals surface area contributed by atoms with Crippen LogP contribution in [0.3, 0.4) is 0 Å². The van der Waals surface area contributed by atoms with Crippen LogP contribution in [0.25, 0.3) is 89.3 Å². The van der Waals surface area contributed by atoms with Crippen LogP contribution < -0.4 is 0 Å². The predicted molar refractivity (Wildman–Crippen MR) is 190 cm³/mol. The van der Waals surface area contributed by atoms with Gasteiger partial charge in [-0.05, 0) is 28.5 Å². The predicted octanol–water partition coefficient (Wildman–Crippen LogP) is 10.7. The number of aromatic nitrogens is 4. The molecule has 0 aliphatic rings. The molecular formula is C42H26N4O. The van der Waals surface area contributed by atoms with E-state index in [-0.39, 0.29) is 0 Å². The van der Waals surface area contributed by atoms with Crippen molar-refractivity contribution in [1.29, 1.82) is 0 Å². The maximum Gasteiger partial charge on any atom is 0.164 e. The highest BCUT2D eigenvalue weighted by atomic mass is 16.3. The van der Waals surface area contributed by atoms with E-state index >= 15 is 0 Å². The third-order valence-electron chi connectivity index (χ3n) is 8.57. The molecule has 0 bridgehead atoms. The summed E-state index contributed by atoms with van der Waals surface area (Å²) >= 11 is 0. The first-order valence-corrected chi connectivity index (χ1v) is 15.6. The van der Waals surface area contributed by atoms with Gasteiger partial charge in [0, 0.05) is 44.8 Å². The summed E-state index contributed by atoms with van der Waals surface area (Å²) in [5, 5.41) is 4.32. The van der Waals surface area contributed by atoms with Gasteiger partial charge in [-0.15, -0.1) is 0 Å². The smallest absolute Gasteiger partial charge is 0.164 e. The molecule has 9 aromatic rings. The second kappa shape index (κ2) is 11.2. The Balaban J connectivity index is 1.33. The minimum absolute atomic E-state index is 0.590. The van der Waals surface area contributed by atoms with E-state index in [2.05, 4.69) is 60.7 Å². The first-order chi connectivity index (χ1) is 23.3. The van der Waals surface area contributed by atoms with Crippen molar-refractivity contribution in [3.63, 3.8) is 0 Å². The Bertz CT molecular complexity index is 2500. The molecule has 5 nitrogen and oxygen atoms in total. The van der Waals surface area contributed by atoms with Crippen LogP contribution in [0, 0.1) is 0 Å². The standard InChI is InChI=1S/C42H26N4O/c1-4-14-27(15-5-1)38-39-37(34-24-30-20-10-11-21-31(30)25-36(34)47-39)35(26-43-38)32-22-12-13-23-33(32)42-45-40(28-16-6-2-7-17-28)44-41(46-42)29-18-8-3-9-19-29/h1-26H. The van der Waals surface area contributed by atoms with Crippen molar-refractivity contribution in [2.24, 2.45) is 0 Å². The van der Waals surface area contributed by atoms with Gasteiger partial charge in [-0.3, -0.25) is 4.98 Å². The van der Waals surface area contributed by atoms with E-state index < -0.39 is 0 Å².